The molecule has 194 valence electrons. The second kappa shape index (κ2) is 12.9. The van der Waals surface area contributed by atoms with Crippen molar-refractivity contribution in [3.8, 4) is 11.5 Å². The minimum absolute atomic E-state index is 0.0245. The first-order chi connectivity index (χ1) is 17.9. The van der Waals surface area contributed by atoms with Crippen molar-refractivity contribution in [2.45, 2.75) is 52.1 Å². The van der Waals surface area contributed by atoms with Crippen LogP contribution in [0.4, 0.5) is 0 Å². The minimum atomic E-state index is -0.448. The zero-order valence-electron chi connectivity index (χ0n) is 20.7. The van der Waals surface area contributed by atoms with Gasteiger partial charge in [-0.15, -0.1) is 0 Å². The molecular weight excluding hydrogens is 623 g/mol. The summed E-state index contributed by atoms with van der Waals surface area (Å²) in [5.41, 5.74) is 1.75. The van der Waals surface area contributed by atoms with Gasteiger partial charge in [0.05, 0.1) is 16.3 Å². The van der Waals surface area contributed by atoms with Crippen LogP contribution in [0.25, 0.3) is 6.08 Å². The number of hydrogen-bond donors (Lipinski definition) is 1. The average Bonchev–Trinajstić information content (AvgIpc) is 3.29. The summed E-state index contributed by atoms with van der Waals surface area (Å²) in [6.45, 7) is 2.49. The maximum Gasteiger partial charge on any atom is 0.283 e. The highest BCUT2D eigenvalue weighted by molar-refractivity contribution is 14.1. The number of hydrazone groups is 1. The standard InChI is InChI=1S/C27H28ClIN4O3S/c1-3-4-5-6-7-12-23-32-33-25(30)19(26(34)31-27(33)37-23)13-17-14-21(29)24(22(15-17)35-2)36-16-18-10-8-9-11-20(18)28/h8-11,13-15,30H,3-7,12,16H2,1-2H3/b19-13-,30-25?. The van der Waals surface area contributed by atoms with E-state index in [9.17, 15) is 4.79 Å². The molecule has 0 saturated heterocycles. The van der Waals surface area contributed by atoms with E-state index >= 15 is 0 Å². The van der Waals surface area contributed by atoms with Crippen LogP contribution in [0, 0.1) is 8.98 Å². The Morgan fingerprint density at radius 3 is 2.73 bits per heavy atom. The summed E-state index contributed by atoms with van der Waals surface area (Å²) < 4.78 is 12.4. The highest BCUT2D eigenvalue weighted by Crippen LogP contribution is 2.36. The smallest absolute Gasteiger partial charge is 0.283 e. The van der Waals surface area contributed by atoms with E-state index in [4.69, 9.17) is 26.5 Å². The Hall–Kier alpha value is -2.37. The third-order valence-electron chi connectivity index (χ3n) is 5.88. The van der Waals surface area contributed by atoms with E-state index < -0.39 is 5.91 Å². The molecule has 4 rings (SSSR count). The molecule has 0 aliphatic carbocycles. The Kier molecular flexibility index (Phi) is 9.66. The summed E-state index contributed by atoms with van der Waals surface area (Å²) in [5.74, 6) is 0.678. The summed E-state index contributed by atoms with van der Waals surface area (Å²) in [6, 6.07) is 11.2. The van der Waals surface area contributed by atoms with Crippen molar-refractivity contribution in [2.24, 2.45) is 10.1 Å². The van der Waals surface area contributed by atoms with Crippen LogP contribution < -0.4 is 9.47 Å². The summed E-state index contributed by atoms with van der Waals surface area (Å²) in [4.78, 5) is 17.0. The van der Waals surface area contributed by atoms with E-state index in [2.05, 4.69) is 39.6 Å². The summed E-state index contributed by atoms with van der Waals surface area (Å²) in [6.07, 6.45) is 8.33. The lowest BCUT2D eigenvalue weighted by Crippen LogP contribution is -2.35. The summed E-state index contributed by atoms with van der Waals surface area (Å²) >= 11 is 9.81. The maximum absolute atomic E-state index is 12.8. The molecule has 0 fully saturated rings. The highest BCUT2D eigenvalue weighted by atomic mass is 127. The number of ether oxygens (including phenoxy) is 2. The second-order valence-corrected chi connectivity index (χ2v) is 11.2. The SMILES string of the molecule is CCCCCCCC1=NN2C(=N)/C(=C/c3cc(I)c(OCc4ccccc4Cl)c(OC)c3)C(=O)N=C2S1. The van der Waals surface area contributed by atoms with Crippen molar-refractivity contribution < 1.29 is 14.3 Å². The fourth-order valence-electron chi connectivity index (χ4n) is 3.91. The van der Waals surface area contributed by atoms with Gasteiger partial charge in [-0.2, -0.15) is 15.1 Å². The van der Waals surface area contributed by atoms with Gasteiger partial charge in [-0.1, -0.05) is 62.4 Å². The molecule has 2 aliphatic rings. The van der Waals surface area contributed by atoms with Gasteiger partial charge in [0.25, 0.3) is 5.91 Å². The number of fused-ring (bicyclic) bond motifs is 1. The van der Waals surface area contributed by atoms with Crippen LogP contribution in [-0.2, 0) is 11.4 Å². The molecule has 2 aliphatic heterocycles. The van der Waals surface area contributed by atoms with Gasteiger partial charge in [0.2, 0.25) is 5.17 Å². The normalized spacial score (nSPS) is 16.1. The first-order valence-corrected chi connectivity index (χ1v) is 14.4. The van der Waals surface area contributed by atoms with Crippen molar-refractivity contribution in [3.05, 3.63) is 61.7 Å². The molecule has 0 spiro atoms. The second-order valence-electron chi connectivity index (χ2n) is 8.59. The number of rotatable bonds is 11. The molecule has 37 heavy (non-hydrogen) atoms. The Morgan fingerprint density at radius 1 is 1.19 bits per heavy atom. The van der Waals surface area contributed by atoms with Gasteiger partial charge in [-0.3, -0.25) is 10.2 Å². The zero-order valence-corrected chi connectivity index (χ0v) is 24.5. The van der Waals surface area contributed by atoms with Crippen LogP contribution in [0.15, 0.2) is 52.1 Å². The summed E-state index contributed by atoms with van der Waals surface area (Å²) in [5, 5.41) is 16.7. The molecule has 0 aromatic heterocycles. The molecule has 0 unspecified atom stereocenters. The number of nitrogens with one attached hydrogen (secondary N) is 1. The monoisotopic (exact) mass is 650 g/mol. The molecular formula is C27H28ClIN4O3S. The fourth-order valence-corrected chi connectivity index (χ4v) is 5.81. The molecule has 0 bridgehead atoms. The summed E-state index contributed by atoms with van der Waals surface area (Å²) in [7, 11) is 1.56. The van der Waals surface area contributed by atoms with E-state index in [1.807, 2.05) is 30.3 Å². The number of nitrogens with zero attached hydrogens (tertiary/aromatic N) is 3. The predicted octanol–water partition coefficient (Wildman–Crippen LogP) is 7.51. The average molecular weight is 651 g/mol. The molecule has 0 saturated carbocycles. The molecule has 2 heterocycles. The predicted molar refractivity (Wildman–Crippen MR) is 160 cm³/mol. The molecule has 1 N–H and O–H groups in total. The number of amidine groups is 2. The Bertz CT molecular complexity index is 1290. The largest absolute Gasteiger partial charge is 0.493 e. The molecule has 2 aromatic rings. The van der Waals surface area contributed by atoms with E-state index in [0.717, 1.165) is 33.4 Å². The van der Waals surface area contributed by atoms with Crippen molar-refractivity contribution in [3.63, 3.8) is 0 Å². The van der Waals surface area contributed by atoms with Gasteiger partial charge >= 0.3 is 0 Å². The molecule has 10 heteroatoms. The number of halogens is 2. The van der Waals surface area contributed by atoms with E-state index in [1.54, 1.807) is 19.3 Å². The lowest BCUT2D eigenvalue weighted by atomic mass is 10.1. The molecule has 0 atom stereocenters. The Labute approximate surface area is 240 Å². The van der Waals surface area contributed by atoms with Crippen molar-refractivity contribution in [1.29, 1.82) is 5.41 Å². The number of carbonyl (C=O) groups is 1. The number of thioether (sulfide) groups is 1. The van der Waals surface area contributed by atoms with Crippen LogP contribution in [0.3, 0.4) is 0 Å². The fraction of sp³-hybridized carbons (Fsp3) is 0.333. The van der Waals surface area contributed by atoms with Crippen molar-refractivity contribution >= 4 is 74.0 Å². The van der Waals surface area contributed by atoms with Gasteiger partial charge in [0.1, 0.15) is 11.7 Å². The maximum atomic E-state index is 12.8. The van der Waals surface area contributed by atoms with Crippen LogP contribution in [-0.4, -0.2) is 34.1 Å². The van der Waals surface area contributed by atoms with Crippen molar-refractivity contribution in [2.75, 3.05) is 7.11 Å². The van der Waals surface area contributed by atoms with Crippen LogP contribution in [0.1, 0.15) is 56.6 Å². The number of carbonyl (C=O) groups excluding carboxylic acids is 1. The lowest BCUT2D eigenvalue weighted by molar-refractivity contribution is -0.114. The molecule has 2 aromatic carbocycles. The van der Waals surface area contributed by atoms with E-state index in [0.29, 0.717) is 33.9 Å². The number of amides is 1. The van der Waals surface area contributed by atoms with Crippen molar-refractivity contribution in [1.82, 2.24) is 5.01 Å². The molecule has 0 radical (unpaired) electrons. The van der Waals surface area contributed by atoms with Gasteiger partial charge in [-0.25, -0.2) is 0 Å². The zero-order chi connectivity index (χ0) is 26.4. The van der Waals surface area contributed by atoms with Gasteiger partial charge < -0.3 is 9.47 Å². The number of unbranched alkanes of at least 4 members (excludes halogenated alkanes) is 4. The first kappa shape index (κ1) is 27.7. The van der Waals surface area contributed by atoms with Crippen LogP contribution in [0.5, 0.6) is 11.5 Å². The number of aliphatic imine (C=N–C) groups is 1. The molecule has 1 amide bonds. The quantitative estimate of drug-likeness (QED) is 0.155. The topological polar surface area (TPSA) is 87.3 Å². The van der Waals surface area contributed by atoms with Gasteiger partial charge in [-0.05, 0) is 77.0 Å². The first-order valence-electron chi connectivity index (χ1n) is 12.1. The van der Waals surface area contributed by atoms with Gasteiger partial charge in [0, 0.05) is 10.6 Å². The third kappa shape index (κ3) is 6.74. The van der Waals surface area contributed by atoms with E-state index in [-0.39, 0.29) is 11.4 Å². The highest BCUT2D eigenvalue weighted by Gasteiger charge is 2.35. The molecule has 7 nitrogen and oxygen atoms in total. The third-order valence-corrected chi connectivity index (χ3v) is 8.02. The Morgan fingerprint density at radius 2 is 1.97 bits per heavy atom. The number of methoxy groups -OCH3 is 1. The van der Waals surface area contributed by atoms with Gasteiger partial charge in [0.15, 0.2) is 17.3 Å². The van der Waals surface area contributed by atoms with Crippen LogP contribution >= 0.6 is 46.0 Å². The van der Waals surface area contributed by atoms with E-state index in [1.165, 1.54) is 36.0 Å². The Balaban J connectivity index is 1.50. The van der Waals surface area contributed by atoms with Crippen LogP contribution in [0.2, 0.25) is 5.02 Å². The lowest BCUT2D eigenvalue weighted by Gasteiger charge is -2.20. The minimum Gasteiger partial charge on any atom is -0.493 e. The number of hydrogen-bond acceptors (Lipinski definition) is 6. The number of benzene rings is 2.